The Bertz CT molecular complexity index is 693. The fourth-order valence-corrected chi connectivity index (χ4v) is 4.24. The van der Waals surface area contributed by atoms with E-state index in [1.54, 1.807) is 4.90 Å². The zero-order valence-electron chi connectivity index (χ0n) is 15.2. The lowest BCUT2D eigenvalue weighted by atomic mass is 9.81. The Morgan fingerprint density at radius 3 is 2.70 bits per heavy atom. The molecule has 3 aliphatic heterocycles. The van der Waals surface area contributed by atoms with E-state index in [1.807, 2.05) is 4.90 Å². The minimum atomic E-state index is -0.428. The Labute approximate surface area is 157 Å². The summed E-state index contributed by atoms with van der Waals surface area (Å²) in [5, 5.41) is 0. The lowest BCUT2D eigenvalue weighted by Gasteiger charge is -2.41. The van der Waals surface area contributed by atoms with Gasteiger partial charge < -0.3 is 19.3 Å². The maximum atomic E-state index is 13.1. The number of aromatic nitrogens is 1. The monoisotopic (exact) mass is 377 g/mol. The van der Waals surface area contributed by atoms with Gasteiger partial charge in [-0.3, -0.25) is 14.6 Å². The summed E-state index contributed by atoms with van der Waals surface area (Å²) >= 11 is 0. The molecule has 8 heteroatoms. The molecular formula is C19H24FN3O4. The van der Waals surface area contributed by atoms with Crippen molar-refractivity contribution in [1.29, 1.82) is 0 Å². The second kappa shape index (κ2) is 7.90. The SMILES string of the molecule is O=C(Cc1ccc(F)cn1)N1C[C@H]2OCC[C@H]2[C@H](C(=O)N2CCOCC2)C1. The molecule has 2 amide bonds. The Kier molecular flexibility index (Phi) is 5.36. The molecule has 146 valence electrons. The Morgan fingerprint density at radius 2 is 1.96 bits per heavy atom. The number of carbonyl (C=O) groups is 2. The number of nitrogens with zero attached hydrogens (tertiary/aromatic N) is 3. The van der Waals surface area contributed by atoms with Crippen LogP contribution in [0.25, 0.3) is 0 Å². The number of fused-ring (bicyclic) bond motifs is 1. The third kappa shape index (κ3) is 3.96. The summed E-state index contributed by atoms with van der Waals surface area (Å²) in [5.74, 6) is -0.524. The number of halogens is 1. The van der Waals surface area contributed by atoms with E-state index in [9.17, 15) is 14.0 Å². The number of hydrogen-bond donors (Lipinski definition) is 0. The number of carbonyl (C=O) groups excluding carboxylic acids is 2. The first-order chi connectivity index (χ1) is 13.1. The third-order valence-corrected chi connectivity index (χ3v) is 5.71. The number of ether oxygens (including phenoxy) is 2. The van der Waals surface area contributed by atoms with Crippen LogP contribution in [0, 0.1) is 17.7 Å². The zero-order valence-corrected chi connectivity index (χ0v) is 15.2. The highest BCUT2D eigenvalue weighted by Gasteiger charge is 2.46. The van der Waals surface area contributed by atoms with E-state index in [1.165, 1.54) is 12.1 Å². The molecule has 0 unspecified atom stereocenters. The summed E-state index contributed by atoms with van der Waals surface area (Å²) in [6.07, 6.45) is 1.96. The van der Waals surface area contributed by atoms with Crippen molar-refractivity contribution in [2.24, 2.45) is 11.8 Å². The van der Waals surface area contributed by atoms with Gasteiger partial charge in [-0.2, -0.15) is 0 Å². The molecular weight excluding hydrogens is 353 g/mol. The molecule has 0 bridgehead atoms. The summed E-state index contributed by atoms with van der Waals surface area (Å²) in [6.45, 7) is 3.84. The van der Waals surface area contributed by atoms with E-state index in [4.69, 9.17) is 9.47 Å². The molecule has 1 aromatic heterocycles. The van der Waals surface area contributed by atoms with Crippen LogP contribution in [-0.2, 0) is 25.5 Å². The van der Waals surface area contributed by atoms with Gasteiger partial charge in [0.15, 0.2) is 0 Å². The molecule has 3 atom stereocenters. The van der Waals surface area contributed by atoms with Gasteiger partial charge in [-0.1, -0.05) is 0 Å². The first-order valence-corrected chi connectivity index (χ1v) is 9.48. The normalized spacial score (nSPS) is 28.1. The number of rotatable bonds is 3. The highest BCUT2D eigenvalue weighted by molar-refractivity contribution is 5.82. The minimum absolute atomic E-state index is 0.0934. The van der Waals surface area contributed by atoms with Crippen molar-refractivity contribution in [2.45, 2.75) is 18.9 Å². The molecule has 3 saturated heterocycles. The van der Waals surface area contributed by atoms with Crippen LogP contribution in [0.1, 0.15) is 12.1 Å². The zero-order chi connectivity index (χ0) is 18.8. The van der Waals surface area contributed by atoms with E-state index in [-0.39, 0.29) is 36.2 Å². The van der Waals surface area contributed by atoms with Gasteiger partial charge in [-0.15, -0.1) is 0 Å². The van der Waals surface area contributed by atoms with Crippen LogP contribution in [0.4, 0.5) is 4.39 Å². The fourth-order valence-electron chi connectivity index (χ4n) is 4.24. The lowest BCUT2D eigenvalue weighted by molar-refractivity contribution is -0.149. The molecule has 3 fully saturated rings. The van der Waals surface area contributed by atoms with Crippen LogP contribution in [-0.4, -0.2) is 78.7 Å². The molecule has 7 nitrogen and oxygen atoms in total. The second-order valence-corrected chi connectivity index (χ2v) is 7.35. The smallest absolute Gasteiger partial charge is 0.228 e. The molecule has 0 aliphatic carbocycles. The van der Waals surface area contributed by atoms with Gasteiger partial charge in [0, 0.05) is 44.4 Å². The van der Waals surface area contributed by atoms with E-state index in [0.717, 1.165) is 12.6 Å². The van der Waals surface area contributed by atoms with Crippen LogP contribution >= 0.6 is 0 Å². The van der Waals surface area contributed by atoms with Crippen LogP contribution in [0.5, 0.6) is 0 Å². The summed E-state index contributed by atoms with van der Waals surface area (Å²) in [5.41, 5.74) is 0.520. The largest absolute Gasteiger partial charge is 0.378 e. The van der Waals surface area contributed by atoms with Crippen LogP contribution in [0.15, 0.2) is 18.3 Å². The number of hydrogen-bond acceptors (Lipinski definition) is 5. The summed E-state index contributed by atoms with van der Waals surface area (Å²) in [7, 11) is 0. The highest BCUT2D eigenvalue weighted by atomic mass is 19.1. The predicted octanol–water partition coefficient (Wildman–Crippen LogP) is 0.486. The van der Waals surface area contributed by atoms with Crippen LogP contribution in [0.3, 0.4) is 0 Å². The average Bonchev–Trinajstić information content (AvgIpc) is 3.18. The van der Waals surface area contributed by atoms with Gasteiger partial charge in [0.1, 0.15) is 5.82 Å². The standard InChI is InChI=1S/C19H24FN3O4/c20-13-1-2-14(21-10-13)9-18(24)23-11-16(15-3-6-27-17(15)12-23)19(25)22-4-7-26-8-5-22/h1-2,10,15-17H,3-9,11-12H2/t15-,16+,17+/m0/s1. The van der Waals surface area contributed by atoms with Crippen molar-refractivity contribution in [3.05, 3.63) is 29.8 Å². The summed E-state index contributed by atoms with van der Waals surface area (Å²) in [6, 6.07) is 2.81. The molecule has 27 heavy (non-hydrogen) atoms. The fraction of sp³-hybridized carbons (Fsp3) is 0.632. The van der Waals surface area contributed by atoms with E-state index in [2.05, 4.69) is 4.98 Å². The van der Waals surface area contributed by atoms with E-state index >= 15 is 0 Å². The van der Waals surface area contributed by atoms with Crippen molar-refractivity contribution < 1.29 is 23.5 Å². The van der Waals surface area contributed by atoms with Gasteiger partial charge in [0.2, 0.25) is 11.8 Å². The summed E-state index contributed by atoms with van der Waals surface area (Å²) in [4.78, 5) is 33.4. The number of likely N-dealkylation sites (tertiary alicyclic amines) is 1. The predicted molar refractivity (Wildman–Crippen MR) is 93.2 cm³/mol. The Morgan fingerprint density at radius 1 is 1.15 bits per heavy atom. The van der Waals surface area contributed by atoms with Gasteiger partial charge in [-0.05, 0) is 18.6 Å². The number of amides is 2. The number of morpholine rings is 1. The molecule has 0 radical (unpaired) electrons. The first-order valence-electron chi connectivity index (χ1n) is 9.48. The van der Waals surface area contributed by atoms with Gasteiger partial charge in [0.25, 0.3) is 0 Å². The molecule has 3 aliphatic rings. The van der Waals surface area contributed by atoms with Crippen LogP contribution in [0.2, 0.25) is 0 Å². The van der Waals surface area contributed by atoms with E-state index < -0.39 is 5.82 Å². The molecule has 0 aromatic carbocycles. The minimum Gasteiger partial charge on any atom is -0.378 e. The molecule has 4 rings (SSSR count). The quantitative estimate of drug-likeness (QED) is 0.767. The van der Waals surface area contributed by atoms with Crippen molar-refractivity contribution in [2.75, 3.05) is 46.0 Å². The van der Waals surface area contributed by atoms with Crippen molar-refractivity contribution in [3.8, 4) is 0 Å². The van der Waals surface area contributed by atoms with Crippen molar-refractivity contribution in [3.63, 3.8) is 0 Å². The average molecular weight is 377 g/mol. The van der Waals surface area contributed by atoms with Crippen LogP contribution < -0.4 is 0 Å². The van der Waals surface area contributed by atoms with Crippen molar-refractivity contribution in [1.82, 2.24) is 14.8 Å². The topological polar surface area (TPSA) is 72.0 Å². The molecule has 0 spiro atoms. The van der Waals surface area contributed by atoms with Gasteiger partial charge >= 0.3 is 0 Å². The Hall–Kier alpha value is -2.06. The third-order valence-electron chi connectivity index (χ3n) is 5.71. The summed E-state index contributed by atoms with van der Waals surface area (Å²) < 4.78 is 24.2. The number of piperidine rings is 1. The maximum absolute atomic E-state index is 13.1. The second-order valence-electron chi connectivity index (χ2n) is 7.35. The molecule has 1 aromatic rings. The Balaban J connectivity index is 1.46. The lowest BCUT2D eigenvalue weighted by Crippen LogP contribution is -2.56. The molecule has 0 N–H and O–H groups in total. The highest BCUT2D eigenvalue weighted by Crippen LogP contribution is 2.35. The van der Waals surface area contributed by atoms with Gasteiger partial charge in [-0.25, -0.2) is 4.39 Å². The van der Waals surface area contributed by atoms with Gasteiger partial charge in [0.05, 0.1) is 37.9 Å². The van der Waals surface area contributed by atoms with Crippen molar-refractivity contribution >= 4 is 11.8 Å². The molecule has 4 heterocycles. The molecule has 0 saturated carbocycles. The number of pyridine rings is 1. The van der Waals surface area contributed by atoms with E-state index in [0.29, 0.717) is 51.7 Å². The first kappa shape index (κ1) is 18.3. The maximum Gasteiger partial charge on any atom is 0.228 e.